The third kappa shape index (κ3) is 1.76. The van der Waals surface area contributed by atoms with Gasteiger partial charge >= 0.3 is 0 Å². The maximum atomic E-state index is 8.92. The van der Waals surface area contributed by atoms with Gasteiger partial charge in [-0.05, 0) is 22.4 Å². The number of aliphatic hydroxyl groups is 1. The minimum atomic E-state index is -0.0653. The molecule has 0 fully saturated rings. The fraction of sp³-hybridized carbons (Fsp3) is 0.250. The van der Waals surface area contributed by atoms with E-state index in [-0.39, 0.29) is 6.61 Å². The molecule has 2 heterocycles. The average molecular weight is 195 g/mol. The zero-order chi connectivity index (χ0) is 9.10. The van der Waals surface area contributed by atoms with Crippen molar-refractivity contribution in [2.45, 2.75) is 13.2 Å². The summed E-state index contributed by atoms with van der Waals surface area (Å²) in [6, 6.07) is 2.05. The molecule has 68 valence electrons. The van der Waals surface area contributed by atoms with E-state index in [4.69, 9.17) is 5.11 Å². The summed E-state index contributed by atoms with van der Waals surface area (Å²) in [4.78, 5) is 0. The molecule has 2 rings (SSSR count). The second-order valence-corrected chi connectivity index (χ2v) is 3.44. The third-order valence-electron chi connectivity index (χ3n) is 1.77. The van der Waals surface area contributed by atoms with E-state index in [1.807, 2.05) is 16.0 Å². The molecule has 2 aromatic heterocycles. The van der Waals surface area contributed by atoms with Crippen molar-refractivity contribution in [1.82, 2.24) is 14.8 Å². The van der Waals surface area contributed by atoms with Gasteiger partial charge in [-0.15, -0.1) is 10.2 Å². The molecular formula is C8H9N3OS. The lowest BCUT2D eigenvalue weighted by Crippen LogP contribution is -2.03. The maximum Gasteiger partial charge on any atom is 0.158 e. The summed E-state index contributed by atoms with van der Waals surface area (Å²) in [5, 5.41) is 20.5. The van der Waals surface area contributed by atoms with Crippen LogP contribution in [0.5, 0.6) is 0 Å². The molecule has 0 saturated carbocycles. The Morgan fingerprint density at radius 2 is 2.46 bits per heavy atom. The number of hydrogen-bond acceptors (Lipinski definition) is 4. The first-order chi connectivity index (χ1) is 6.40. The quantitative estimate of drug-likeness (QED) is 0.791. The van der Waals surface area contributed by atoms with Crippen molar-refractivity contribution in [2.24, 2.45) is 0 Å². The Hall–Kier alpha value is -1.20. The molecular weight excluding hydrogens is 186 g/mol. The van der Waals surface area contributed by atoms with Crippen molar-refractivity contribution in [1.29, 1.82) is 0 Å². The predicted octanol–water partition coefficient (Wildman–Crippen LogP) is 0.880. The largest absolute Gasteiger partial charge is 0.388 e. The minimum Gasteiger partial charge on any atom is -0.388 e. The number of thiophene rings is 1. The van der Waals surface area contributed by atoms with Gasteiger partial charge in [0, 0.05) is 0 Å². The van der Waals surface area contributed by atoms with Gasteiger partial charge in [0.05, 0.1) is 6.54 Å². The zero-order valence-electron chi connectivity index (χ0n) is 6.92. The lowest BCUT2D eigenvalue weighted by Gasteiger charge is -2.01. The van der Waals surface area contributed by atoms with E-state index < -0.39 is 0 Å². The number of rotatable bonds is 3. The van der Waals surface area contributed by atoms with Crippen molar-refractivity contribution in [3.63, 3.8) is 0 Å². The molecule has 0 saturated heterocycles. The topological polar surface area (TPSA) is 50.9 Å². The molecule has 2 aromatic rings. The number of aliphatic hydroxyl groups excluding tert-OH is 1. The standard InChI is InChI=1S/C8H9N3OS/c12-4-8-10-9-6-11(8)3-7-1-2-13-5-7/h1-2,5-6,12H,3-4H2. The number of nitrogens with zero attached hydrogens (tertiary/aromatic N) is 3. The third-order valence-corrected chi connectivity index (χ3v) is 2.50. The van der Waals surface area contributed by atoms with Crippen LogP contribution in [0.25, 0.3) is 0 Å². The predicted molar refractivity (Wildman–Crippen MR) is 49.4 cm³/mol. The molecule has 13 heavy (non-hydrogen) atoms. The van der Waals surface area contributed by atoms with E-state index in [9.17, 15) is 0 Å². The fourth-order valence-corrected chi connectivity index (χ4v) is 1.77. The second-order valence-electron chi connectivity index (χ2n) is 2.66. The Balaban J connectivity index is 2.18. The maximum absolute atomic E-state index is 8.92. The molecule has 0 aliphatic rings. The van der Waals surface area contributed by atoms with Gasteiger partial charge in [-0.25, -0.2) is 0 Å². The van der Waals surface area contributed by atoms with Crippen LogP contribution in [-0.2, 0) is 13.2 Å². The number of hydrogen-bond donors (Lipinski definition) is 1. The van der Waals surface area contributed by atoms with Crippen molar-refractivity contribution < 1.29 is 5.11 Å². The normalized spacial score (nSPS) is 10.5. The van der Waals surface area contributed by atoms with Crippen molar-refractivity contribution in [3.8, 4) is 0 Å². The van der Waals surface area contributed by atoms with Crippen molar-refractivity contribution in [2.75, 3.05) is 0 Å². The van der Waals surface area contributed by atoms with Gasteiger partial charge in [-0.3, -0.25) is 0 Å². The summed E-state index contributed by atoms with van der Waals surface area (Å²) >= 11 is 1.66. The van der Waals surface area contributed by atoms with E-state index in [0.29, 0.717) is 5.82 Å². The highest BCUT2D eigenvalue weighted by Crippen LogP contribution is 2.08. The second kappa shape index (κ2) is 3.68. The van der Waals surface area contributed by atoms with Crippen molar-refractivity contribution >= 4 is 11.3 Å². The molecule has 1 N–H and O–H groups in total. The Morgan fingerprint density at radius 3 is 3.15 bits per heavy atom. The van der Waals surface area contributed by atoms with Gasteiger partial charge < -0.3 is 9.67 Å². The average Bonchev–Trinajstić information content (AvgIpc) is 2.76. The van der Waals surface area contributed by atoms with Gasteiger partial charge in [-0.2, -0.15) is 11.3 Å². The van der Waals surface area contributed by atoms with Crippen molar-refractivity contribution in [3.05, 3.63) is 34.5 Å². The molecule has 0 bridgehead atoms. The molecule has 0 spiro atoms. The van der Waals surface area contributed by atoms with Crippen LogP contribution in [0.15, 0.2) is 23.2 Å². The van der Waals surface area contributed by atoms with Gasteiger partial charge in [-0.1, -0.05) is 0 Å². The van der Waals surface area contributed by atoms with E-state index in [1.165, 1.54) is 5.56 Å². The smallest absolute Gasteiger partial charge is 0.158 e. The molecule has 0 atom stereocenters. The highest BCUT2D eigenvalue weighted by molar-refractivity contribution is 7.07. The highest BCUT2D eigenvalue weighted by Gasteiger charge is 2.02. The molecule has 4 nitrogen and oxygen atoms in total. The lowest BCUT2D eigenvalue weighted by atomic mass is 10.3. The SMILES string of the molecule is OCc1nncn1Cc1ccsc1. The fourth-order valence-electron chi connectivity index (χ4n) is 1.11. The molecule has 0 amide bonds. The Kier molecular flexibility index (Phi) is 2.37. The van der Waals surface area contributed by atoms with Crippen LogP contribution in [0.1, 0.15) is 11.4 Å². The van der Waals surface area contributed by atoms with E-state index in [2.05, 4.69) is 15.6 Å². The van der Waals surface area contributed by atoms with Crippen LogP contribution >= 0.6 is 11.3 Å². The van der Waals surface area contributed by atoms with Crippen LogP contribution in [0.2, 0.25) is 0 Å². The Morgan fingerprint density at radius 1 is 1.54 bits per heavy atom. The van der Waals surface area contributed by atoms with E-state index in [0.717, 1.165) is 6.54 Å². The summed E-state index contributed by atoms with van der Waals surface area (Å²) in [5.74, 6) is 0.603. The summed E-state index contributed by atoms with van der Waals surface area (Å²) in [5.41, 5.74) is 1.21. The Labute approximate surface area is 79.5 Å². The van der Waals surface area contributed by atoms with Crippen LogP contribution in [0.3, 0.4) is 0 Å². The molecule has 0 aliphatic heterocycles. The molecule has 0 aromatic carbocycles. The number of aromatic nitrogens is 3. The monoisotopic (exact) mass is 195 g/mol. The summed E-state index contributed by atoms with van der Waals surface area (Å²) in [7, 11) is 0. The minimum absolute atomic E-state index is 0.0653. The first-order valence-corrected chi connectivity index (χ1v) is 4.83. The first kappa shape index (κ1) is 8.40. The lowest BCUT2D eigenvalue weighted by molar-refractivity contribution is 0.265. The van der Waals surface area contributed by atoms with Gasteiger partial charge in [0.15, 0.2) is 5.82 Å². The van der Waals surface area contributed by atoms with Crippen LogP contribution in [0.4, 0.5) is 0 Å². The molecule has 0 radical (unpaired) electrons. The summed E-state index contributed by atoms with van der Waals surface area (Å²) in [6.07, 6.45) is 1.63. The Bertz CT molecular complexity index is 368. The van der Waals surface area contributed by atoms with E-state index in [1.54, 1.807) is 17.7 Å². The van der Waals surface area contributed by atoms with Gasteiger partial charge in [0.2, 0.25) is 0 Å². The van der Waals surface area contributed by atoms with Gasteiger partial charge in [0.25, 0.3) is 0 Å². The molecule has 0 unspecified atom stereocenters. The van der Waals surface area contributed by atoms with Crippen LogP contribution in [0, 0.1) is 0 Å². The van der Waals surface area contributed by atoms with Gasteiger partial charge in [0.1, 0.15) is 12.9 Å². The van der Waals surface area contributed by atoms with Crippen LogP contribution in [-0.4, -0.2) is 19.9 Å². The molecule has 5 heteroatoms. The van der Waals surface area contributed by atoms with E-state index >= 15 is 0 Å². The summed E-state index contributed by atoms with van der Waals surface area (Å²) in [6.45, 7) is 0.663. The highest BCUT2D eigenvalue weighted by atomic mass is 32.1. The first-order valence-electron chi connectivity index (χ1n) is 3.89. The molecule has 0 aliphatic carbocycles. The zero-order valence-corrected chi connectivity index (χ0v) is 7.74. The van der Waals surface area contributed by atoms with Crippen LogP contribution < -0.4 is 0 Å². The summed E-state index contributed by atoms with van der Waals surface area (Å²) < 4.78 is 1.84.